The van der Waals surface area contributed by atoms with Crippen LogP contribution in [0.4, 0.5) is 0 Å². The summed E-state index contributed by atoms with van der Waals surface area (Å²) < 4.78 is 22.0. The van der Waals surface area contributed by atoms with E-state index in [1.807, 2.05) is 0 Å². The zero-order valence-electron chi connectivity index (χ0n) is 8.94. The van der Waals surface area contributed by atoms with E-state index in [2.05, 4.69) is 11.8 Å². The summed E-state index contributed by atoms with van der Waals surface area (Å²) >= 11 is 0. The van der Waals surface area contributed by atoms with Gasteiger partial charge in [0.2, 0.25) is 0 Å². The maximum Gasteiger partial charge on any atom is 0.148 e. The Morgan fingerprint density at radius 3 is 2.64 bits per heavy atom. The van der Waals surface area contributed by atoms with E-state index < -0.39 is 9.84 Å². The minimum Gasteiger partial charge on any atom is -0.329 e. The highest BCUT2D eigenvalue weighted by Crippen LogP contribution is 2.22. The van der Waals surface area contributed by atoms with Gasteiger partial charge in [0.25, 0.3) is 0 Å². The lowest BCUT2D eigenvalue weighted by atomic mass is 10.0. The molecule has 2 unspecified atom stereocenters. The van der Waals surface area contributed by atoms with Gasteiger partial charge >= 0.3 is 0 Å². The van der Waals surface area contributed by atoms with Crippen LogP contribution in [0.25, 0.3) is 0 Å². The molecule has 0 aromatic carbocycles. The van der Waals surface area contributed by atoms with E-state index >= 15 is 0 Å². The first-order valence-corrected chi connectivity index (χ1v) is 7.12. The first kappa shape index (κ1) is 11.9. The van der Waals surface area contributed by atoms with Crippen LogP contribution in [-0.2, 0) is 9.84 Å². The molecule has 1 aliphatic rings. The summed E-state index contributed by atoms with van der Waals surface area (Å²) in [5, 5.41) is 0. The van der Waals surface area contributed by atoms with Gasteiger partial charge in [0.15, 0.2) is 0 Å². The standard InChI is InChI=1S/C9H20N2O2S/c1-8-3-4-11(9(8)7-10)5-6-14(2,12)13/h8-9H,3-7,10H2,1-2H3. The molecule has 1 saturated heterocycles. The van der Waals surface area contributed by atoms with Gasteiger partial charge in [-0.15, -0.1) is 0 Å². The van der Waals surface area contributed by atoms with Crippen LogP contribution >= 0.6 is 0 Å². The fourth-order valence-electron chi connectivity index (χ4n) is 2.03. The number of hydrogen-bond acceptors (Lipinski definition) is 4. The number of sulfone groups is 1. The van der Waals surface area contributed by atoms with E-state index in [0.717, 1.165) is 13.0 Å². The third kappa shape index (κ3) is 3.22. The molecule has 0 radical (unpaired) electrons. The maximum atomic E-state index is 11.0. The Hall–Kier alpha value is -0.130. The zero-order valence-corrected chi connectivity index (χ0v) is 9.76. The van der Waals surface area contributed by atoms with Crippen molar-refractivity contribution in [2.45, 2.75) is 19.4 Å². The molecule has 1 fully saturated rings. The molecular formula is C9H20N2O2S. The maximum absolute atomic E-state index is 11.0. The van der Waals surface area contributed by atoms with Crippen LogP contribution in [0.3, 0.4) is 0 Å². The van der Waals surface area contributed by atoms with Gasteiger partial charge in [0.05, 0.1) is 5.75 Å². The van der Waals surface area contributed by atoms with Crippen molar-refractivity contribution in [3.63, 3.8) is 0 Å². The lowest BCUT2D eigenvalue weighted by molar-refractivity contribution is 0.249. The van der Waals surface area contributed by atoms with Crippen LogP contribution in [0.1, 0.15) is 13.3 Å². The van der Waals surface area contributed by atoms with Crippen molar-refractivity contribution in [1.29, 1.82) is 0 Å². The average Bonchev–Trinajstić information content (AvgIpc) is 2.41. The molecular weight excluding hydrogens is 200 g/mol. The fourth-order valence-corrected chi connectivity index (χ4v) is 2.60. The average molecular weight is 220 g/mol. The summed E-state index contributed by atoms with van der Waals surface area (Å²) in [6.07, 6.45) is 2.41. The Morgan fingerprint density at radius 1 is 1.50 bits per heavy atom. The van der Waals surface area contributed by atoms with Gasteiger partial charge in [-0.3, -0.25) is 4.90 Å². The van der Waals surface area contributed by atoms with Gasteiger partial charge in [-0.1, -0.05) is 6.92 Å². The van der Waals surface area contributed by atoms with E-state index in [1.54, 1.807) is 0 Å². The first-order valence-electron chi connectivity index (χ1n) is 5.06. The molecule has 0 aliphatic carbocycles. The van der Waals surface area contributed by atoms with E-state index in [0.29, 0.717) is 25.0 Å². The highest BCUT2D eigenvalue weighted by Gasteiger charge is 2.29. The zero-order chi connectivity index (χ0) is 10.8. The normalized spacial score (nSPS) is 29.6. The predicted octanol–water partition coefficient (Wildman–Crippen LogP) is -0.300. The number of likely N-dealkylation sites (tertiary alicyclic amines) is 1. The van der Waals surface area contributed by atoms with Crippen molar-refractivity contribution in [3.05, 3.63) is 0 Å². The SMILES string of the molecule is CC1CCN(CCS(C)(=O)=O)C1CN. The Labute approximate surface area is 86.4 Å². The summed E-state index contributed by atoms with van der Waals surface area (Å²) in [6.45, 7) is 4.42. The van der Waals surface area contributed by atoms with Crippen molar-refractivity contribution < 1.29 is 8.42 Å². The van der Waals surface area contributed by atoms with Crippen molar-refractivity contribution in [2.75, 3.05) is 31.6 Å². The lowest BCUT2D eigenvalue weighted by Crippen LogP contribution is -2.40. The van der Waals surface area contributed by atoms with Crippen LogP contribution in [0.2, 0.25) is 0 Å². The van der Waals surface area contributed by atoms with Crippen LogP contribution in [0, 0.1) is 5.92 Å². The summed E-state index contributed by atoms with van der Waals surface area (Å²) in [7, 11) is -2.84. The largest absolute Gasteiger partial charge is 0.329 e. The third-order valence-electron chi connectivity index (χ3n) is 2.99. The Bertz CT molecular complexity index is 277. The molecule has 0 bridgehead atoms. The van der Waals surface area contributed by atoms with Gasteiger partial charge in [-0.05, 0) is 18.9 Å². The van der Waals surface area contributed by atoms with E-state index in [-0.39, 0.29) is 5.75 Å². The topological polar surface area (TPSA) is 63.4 Å². The Kier molecular flexibility index (Phi) is 3.92. The Balaban J connectivity index is 2.45. The summed E-state index contributed by atoms with van der Waals surface area (Å²) in [5.41, 5.74) is 5.66. The number of hydrogen-bond donors (Lipinski definition) is 1. The van der Waals surface area contributed by atoms with Crippen molar-refractivity contribution in [2.24, 2.45) is 11.7 Å². The van der Waals surface area contributed by atoms with Crippen LogP contribution in [-0.4, -0.2) is 51.0 Å². The fraction of sp³-hybridized carbons (Fsp3) is 1.00. The molecule has 0 aromatic heterocycles. The molecule has 4 nitrogen and oxygen atoms in total. The molecule has 1 heterocycles. The molecule has 2 N–H and O–H groups in total. The van der Waals surface area contributed by atoms with E-state index in [1.165, 1.54) is 6.26 Å². The molecule has 2 atom stereocenters. The highest BCUT2D eigenvalue weighted by molar-refractivity contribution is 7.90. The number of rotatable bonds is 4. The lowest BCUT2D eigenvalue weighted by Gasteiger charge is -2.24. The van der Waals surface area contributed by atoms with Crippen molar-refractivity contribution in [1.82, 2.24) is 4.90 Å². The minimum atomic E-state index is -2.84. The minimum absolute atomic E-state index is 0.246. The second kappa shape index (κ2) is 4.59. The van der Waals surface area contributed by atoms with Gasteiger partial charge in [-0.25, -0.2) is 8.42 Å². The molecule has 14 heavy (non-hydrogen) atoms. The quantitative estimate of drug-likeness (QED) is 0.706. The molecule has 0 spiro atoms. The number of nitrogens with zero attached hydrogens (tertiary/aromatic N) is 1. The van der Waals surface area contributed by atoms with Gasteiger partial charge in [0, 0.05) is 25.4 Å². The van der Waals surface area contributed by atoms with Gasteiger partial charge in [-0.2, -0.15) is 0 Å². The summed E-state index contributed by atoms with van der Waals surface area (Å²) in [4.78, 5) is 2.20. The smallest absolute Gasteiger partial charge is 0.148 e. The molecule has 0 aromatic rings. The molecule has 1 aliphatic heterocycles. The van der Waals surface area contributed by atoms with Gasteiger partial charge < -0.3 is 5.73 Å². The first-order chi connectivity index (χ1) is 6.44. The van der Waals surface area contributed by atoms with E-state index in [4.69, 9.17) is 5.73 Å². The molecule has 5 heteroatoms. The van der Waals surface area contributed by atoms with Crippen molar-refractivity contribution >= 4 is 9.84 Å². The summed E-state index contributed by atoms with van der Waals surface area (Å²) in [5.74, 6) is 0.843. The monoisotopic (exact) mass is 220 g/mol. The van der Waals surface area contributed by atoms with Crippen LogP contribution in [0.15, 0.2) is 0 Å². The molecule has 0 amide bonds. The summed E-state index contributed by atoms with van der Waals surface area (Å²) in [6, 6.07) is 0.372. The Morgan fingerprint density at radius 2 is 2.14 bits per heavy atom. The number of nitrogens with two attached hydrogens (primary N) is 1. The molecule has 1 rings (SSSR count). The molecule has 84 valence electrons. The van der Waals surface area contributed by atoms with Gasteiger partial charge in [0.1, 0.15) is 9.84 Å². The van der Waals surface area contributed by atoms with Crippen LogP contribution in [0.5, 0.6) is 0 Å². The second-order valence-corrected chi connectivity index (χ2v) is 6.49. The van der Waals surface area contributed by atoms with E-state index in [9.17, 15) is 8.42 Å². The third-order valence-corrected chi connectivity index (χ3v) is 3.91. The highest BCUT2D eigenvalue weighted by atomic mass is 32.2. The van der Waals surface area contributed by atoms with Crippen molar-refractivity contribution in [3.8, 4) is 0 Å². The predicted molar refractivity (Wildman–Crippen MR) is 57.9 cm³/mol. The van der Waals surface area contributed by atoms with Crippen LogP contribution < -0.4 is 5.73 Å². The molecule has 0 saturated carbocycles. The second-order valence-electron chi connectivity index (χ2n) is 4.23.